The molecule has 3 aromatic rings. The molecule has 0 amide bonds. The minimum atomic E-state index is 0. The van der Waals surface area contributed by atoms with Gasteiger partial charge >= 0.3 is 0 Å². The average Bonchev–Trinajstić information content (AvgIpc) is 3.19. The van der Waals surface area contributed by atoms with Gasteiger partial charge in [0.1, 0.15) is 5.75 Å². The summed E-state index contributed by atoms with van der Waals surface area (Å²) in [6, 6.07) is 16.1. The molecule has 2 aromatic carbocycles. The monoisotopic (exact) mass is 520 g/mol. The third-order valence-corrected chi connectivity index (χ3v) is 4.27. The van der Waals surface area contributed by atoms with Crippen molar-refractivity contribution in [2.45, 2.75) is 40.0 Å². The molecule has 0 aliphatic heterocycles. The normalized spacial score (nSPS) is 11.2. The van der Waals surface area contributed by atoms with Gasteiger partial charge in [0.2, 0.25) is 5.89 Å². The van der Waals surface area contributed by atoms with E-state index >= 15 is 0 Å². The first-order valence-corrected chi connectivity index (χ1v) is 9.76. The van der Waals surface area contributed by atoms with E-state index < -0.39 is 0 Å². The predicted octanol–water partition coefficient (Wildman–Crippen LogP) is 4.92. The summed E-state index contributed by atoms with van der Waals surface area (Å²) < 4.78 is 11.8. The molecule has 0 atom stereocenters. The molecule has 0 bridgehead atoms. The maximum Gasteiger partial charge on any atom is 0.214 e. The van der Waals surface area contributed by atoms with Crippen LogP contribution in [0.2, 0.25) is 0 Å². The van der Waals surface area contributed by atoms with Crippen molar-refractivity contribution in [2.24, 2.45) is 4.99 Å². The molecule has 2 N–H and O–H groups in total. The van der Waals surface area contributed by atoms with E-state index in [0.29, 0.717) is 24.9 Å². The highest BCUT2D eigenvalue weighted by atomic mass is 127. The summed E-state index contributed by atoms with van der Waals surface area (Å²) in [5.41, 5.74) is 3.26. The van der Waals surface area contributed by atoms with Crippen LogP contribution < -0.4 is 15.4 Å². The first kappa shape index (κ1) is 23.7. The van der Waals surface area contributed by atoms with Crippen molar-refractivity contribution >= 4 is 29.9 Å². The molecule has 0 radical (unpaired) electrons. The van der Waals surface area contributed by atoms with E-state index in [4.69, 9.17) is 9.15 Å². The van der Waals surface area contributed by atoms with Gasteiger partial charge in [-0.05, 0) is 32.4 Å². The standard InChI is InChI=1S/C23H28N4O2.HI/c1-16(2)28-20-12-17(3)10-11-19(20)13-26-23(24-4)27-15-22-25-14-21(29-22)18-8-6-5-7-9-18;/h5-12,14,16H,13,15H2,1-4H3,(H2,24,26,27);1H. The Morgan fingerprint density at radius 2 is 1.83 bits per heavy atom. The van der Waals surface area contributed by atoms with Crippen molar-refractivity contribution in [1.82, 2.24) is 15.6 Å². The first-order valence-electron chi connectivity index (χ1n) is 9.76. The lowest BCUT2D eigenvalue weighted by Gasteiger charge is -2.16. The van der Waals surface area contributed by atoms with Gasteiger partial charge in [0.25, 0.3) is 0 Å². The van der Waals surface area contributed by atoms with E-state index in [1.807, 2.05) is 44.2 Å². The van der Waals surface area contributed by atoms with E-state index in [0.717, 1.165) is 22.6 Å². The fourth-order valence-corrected chi connectivity index (χ4v) is 2.86. The maximum atomic E-state index is 5.94. The molecule has 6 nitrogen and oxygen atoms in total. The molecule has 0 unspecified atom stereocenters. The van der Waals surface area contributed by atoms with Crippen molar-refractivity contribution in [3.8, 4) is 17.1 Å². The lowest BCUT2D eigenvalue weighted by Crippen LogP contribution is -2.36. The summed E-state index contributed by atoms with van der Waals surface area (Å²) in [6.45, 7) is 7.16. The summed E-state index contributed by atoms with van der Waals surface area (Å²) >= 11 is 0. The van der Waals surface area contributed by atoms with Crippen LogP contribution in [0.25, 0.3) is 11.3 Å². The highest BCUT2D eigenvalue weighted by Gasteiger charge is 2.09. The molecule has 1 heterocycles. The summed E-state index contributed by atoms with van der Waals surface area (Å²) in [4.78, 5) is 8.62. The zero-order valence-corrected chi connectivity index (χ0v) is 20.1. The molecular weight excluding hydrogens is 491 g/mol. The van der Waals surface area contributed by atoms with Crippen LogP contribution in [0.1, 0.15) is 30.9 Å². The number of rotatable bonds is 7. The molecule has 160 valence electrons. The Hall–Kier alpha value is -2.55. The lowest BCUT2D eigenvalue weighted by molar-refractivity contribution is 0.239. The Bertz CT molecular complexity index is 955. The Morgan fingerprint density at radius 3 is 2.53 bits per heavy atom. The van der Waals surface area contributed by atoms with Gasteiger partial charge in [-0.3, -0.25) is 4.99 Å². The van der Waals surface area contributed by atoms with Crippen LogP contribution >= 0.6 is 24.0 Å². The van der Waals surface area contributed by atoms with E-state index in [-0.39, 0.29) is 30.1 Å². The molecule has 30 heavy (non-hydrogen) atoms. The number of guanidine groups is 1. The Labute approximate surface area is 195 Å². The smallest absolute Gasteiger partial charge is 0.214 e. The van der Waals surface area contributed by atoms with Crippen LogP contribution in [0.15, 0.2) is 64.1 Å². The molecule has 0 aliphatic carbocycles. The Balaban J connectivity index is 0.00000320. The minimum Gasteiger partial charge on any atom is -0.491 e. The fourth-order valence-electron chi connectivity index (χ4n) is 2.86. The largest absolute Gasteiger partial charge is 0.491 e. The van der Waals surface area contributed by atoms with E-state index in [1.54, 1.807) is 13.2 Å². The third kappa shape index (κ3) is 6.76. The van der Waals surface area contributed by atoms with Gasteiger partial charge in [-0.2, -0.15) is 0 Å². The topological polar surface area (TPSA) is 71.7 Å². The number of aliphatic imine (C=N–C) groups is 1. The Morgan fingerprint density at radius 1 is 1.10 bits per heavy atom. The average molecular weight is 520 g/mol. The summed E-state index contributed by atoms with van der Waals surface area (Å²) in [7, 11) is 1.74. The van der Waals surface area contributed by atoms with Gasteiger partial charge in [-0.25, -0.2) is 4.98 Å². The summed E-state index contributed by atoms with van der Waals surface area (Å²) in [5, 5.41) is 6.55. The van der Waals surface area contributed by atoms with Crippen LogP contribution in [-0.2, 0) is 13.1 Å². The fraction of sp³-hybridized carbons (Fsp3) is 0.304. The molecule has 0 fully saturated rings. The van der Waals surface area contributed by atoms with Crippen molar-refractivity contribution in [3.05, 3.63) is 71.7 Å². The highest BCUT2D eigenvalue weighted by Crippen LogP contribution is 2.22. The molecule has 3 rings (SSSR count). The zero-order chi connectivity index (χ0) is 20.6. The van der Waals surface area contributed by atoms with Gasteiger partial charge in [-0.1, -0.05) is 42.5 Å². The second-order valence-electron chi connectivity index (χ2n) is 7.04. The number of ether oxygens (including phenoxy) is 1. The number of aromatic nitrogens is 1. The zero-order valence-electron chi connectivity index (χ0n) is 17.8. The van der Waals surface area contributed by atoms with Crippen LogP contribution in [0.3, 0.4) is 0 Å². The van der Waals surface area contributed by atoms with Gasteiger partial charge in [0, 0.05) is 24.7 Å². The lowest BCUT2D eigenvalue weighted by atomic mass is 10.1. The second kappa shape index (κ2) is 11.6. The maximum absolute atomic E-state index is 5.94. The van der Waals surface area contributed by atoms with Crippen molar-refractivity contribution in [2.75, 3.05) is 7.05 Å². The molecule has 0 spiro atoms. The number of hydrogen-bond donors (Lipinski definition) is 2. The van der Waals surface area contributed by atoms with Crippen LogP contribution in [0.4, 0.5) is 0 Å². The summed E-state index contributed by atoms with van der Waals surface area (Å²) in [5.74, 6) is 2.91. The first-order chi connectivity index (χ1) is 14.0. The molecule has 1 aromatic heterocycles. The Kier molecular flexibility index (Phi) is 9.16. The van der Waals surface area contributed by atoms with E-state index in [9.17, 15) is 0 Å². The van der Waals surface area contributed by atoms with Gasteiger partial charge in [0.15, 0.2) is 11.7 Å². The molecule has 7 heteroatoms. The van der Waals surface area contributed by atoms with Crippen molar-refractivity contribution in [3.63, 3.8) is 0 Å². The number of nitrogens with zero attached hydrogens (tertiary/aromatic N) is 2. The molecule has 0 saturated heterocycles. The number of nitrogens with one attached hydrogen (secondary N) is 2. The van der Waals surface area contributed by atoms with Crippen molar-refractivity contribution < 1.29 is 9.15 Å². The number of halogens is 1. The number of benzene rings is 2. The van der Waals surface area contributed by atoms with Gasteiger partial charge in [0.05, 0.1) is 18.8 Å². The van der Waals surface area contributed by atoms with Crippen LogP contribution in [-0.4, -0.2) is 24.1 Å². The molecular formula is C23H29IN4O2. The van der Waals surface area contributed by atoms with E-state index in [1.165, 1.54) is 5.56 Å². The quantitative estimate of drug-likeness (QED) is 0.263. The SMILES string of the molecule is CN=C(NCc1ncc(-c2ccccc2)o1)NCc1ccc(C)cc1OC(C)C.I. The second-order valence-corrected chi connectivity index (χ2v) is 7.04. The van der Waals surface area contributed by atoms with Crippen molar-refractivity contribution in [1.29, 1.82) is 0 Å². The number of oxazole rings is 1. The van der Waals surface area contributed by atoms with Crippen LogP contribution in [0.5, 0.6) is 5.75 Å². The van der Waals surface area contributed by atoms with Gasteiger partial charge in [-0.15, -0.1) is 24.0 Å². The predicted molar refractivity (Wildman–Crippen MR) is 131 cm³/mol. The number of aryl methyl sites for hydroxylation is 1. The highest BCUT2D eigenvalue weighted by molar-refractivity contribution is 14.0. The molecule has 0 saturated carbocycles. The minimum absolute atomic E-state index is 0. The third-order valence-electron chi connectivity index (χ3n) is 4.27. The summed E-state index contributed by atoms with van der Waals surface area (Å²) in [6.07, 6.45) is 1.86. The van der Waals surface area contributed by atoms with Crippen LogP contribution in [0, 0.1) is 6.92 Å². The van der Waals surface area contributed by atoms with Gasteiger partial charge < -0.3 is 19.8 Å². The number of hydrogen-bond acceptors (Lipinski definition) is 4. The molecule has 0 aliphatic rings. The van der Waals surface area contributed by atoms with E-state index in [2.05, 4.69) is 45.7 Å².